The third-order valence-corrected chi connectivity index (χ3v) is 8.88. The molecule has 0 spiro atoms. The van der Waals surface area contributed by atoms with E-state index in [2.05, 4.69) is 15.0 Å². The van der Waals surface area contributed by atoms with Crippen molar-refractivity contribution < 1.29 is 30.7 Å². The van der Waals surface area contributed by atoms with Gasteiger partial charge in [0.15, 0.2) is 9.84 Å². The number of nitrogens with two attached hydrogens (primary N) is 1. The Balaban J connectivity index is 1.71. The first-order chi connectivity index (χ1) is 17.0. The number of nitrogens with zero attached hydrogens (tertiary/aromatic N) is 4. The number of benzene rings is 1. The summed E-state index contributed by atoms with van der Waals surface area (Å²) in [6.07, 6.45) is -3.55. The van der Waals surface area contributed by atoms with Crippen LogP contribution < -0.4 is 10.6 Å². The number of anilines is 2. The van der Waals surface area contributed by atoms with Gasteiger partial charge in [0, 0.05) is 24.8 Å². The number of aromatic nitrogens is 3. The first kappa shape index (κ1) is 24.4. The van der Waals surface area contributed by atoms with Crippen molar-refractivity contribution in [1.82, 2.24) is 15.0 Å². The normalized spacial score (nSPS) is 17.7. The third-order valence-electron chi connectivity index (χ3n) is 6.33. The average Bonchev–Trinajstić information content (AvgIpc) is 3.67. The molecule has 13 heteroatoms. The van der Waals surface area contributed by atoms with E-state index in [-0.39, 0.29) is 41.6 Å². The number of hydrogen-bond donors (Lipinski definition) is 1. The van der Waals surface area contributed by atoms with E-state index in [1.807, 2.05) is 0 Å². The number of alkyl halides is 3. The smallest absolute Gasteiger partial charge is 0.384 e. The highest BCUT2D eigenvalue weighted by Crippen LogP contribution is 2.55. The van der Waals surface area contributed by atoms with Gasteiger partial charge in [0.25, 0.3) is 0 Å². The van der Waals surface area contributed by atoms with Gasteiger partial charge in [-0.05, 0) is 37.1 Å². The number of sulfone groups is 1. The van der Waals surface area contributed by atoms with Gasteiger partial charge in [-0.1, -0.05) is 12.1 Å². The fourth-order valence-electron chi connectivity index (χ4n) is 4.27. The Bertz CT molecular complexity index is 1420. The van der Waals surface area contributed by atoms with Gasteiger partial charge in [-0.15, -0.1) is 0 Å². The largest absolute Gasteiger partial charge is 0.417 e. The fourth-order valence-corrected chi connectivity index (χ4v) is 6.29. The topological polar surface area (TPSA) is 111 Å². The monoisotopic (exact) mass is 523 g/mol. The lowest BCUT2D eigenvalue weighted by molar-refractivity contribution is -0.137. The van der Waals surface area contributed by atoms with Gasteiger partial charge in [-0.25, -0.2) is 27.8 Å². The van der Waals surface area contributed by atoms with Gasteiger partial charge in [-0.3, -0.25) is 0 Å². The predicted molar refractivity (Wildman–Crippen MR) is 122 cm³/mol. The van der Waals surface area contributed by atoms with Crippen LogP contribution in [-0.2, 0) is 25.5 Å². The van der Waals surface area contributed by atoms with E-state index in [1.54, 1.807) is 4.90 Å². The van der Waals surface area contributed by atoms with Crippen LogP contribution in [-0.4, -0.2) is 49.7 Å². The SMILES string of the molecule is Nc1cc(C(F)(F)F)c(-c2cc(C3(S(=O)(=O)c4ccccc4F)CC3)nc(N3CCOCC3)n2)cn1. The molecule has 3 heterocycles. The van der Waals surface area contributed by atoms with E-state index in [1.165, 1.54) is 24.3 Å². The molecular formula is C23H21F4N5O3S. The summed E-state index contributed by atoms with van der Waals surface area (Å²) in [7, 11) is -4.27. The maximum atomic E-state index is 14.5. The molecule has 1 aliphatic heterocycles. The highest BCUT2D eigenvalue weighted by atomic mass is 32.2. The second kappa shape index (κ2) is 8.66. The Morgan fingerprint density at radius 3 is 2.39 bits per heavy atom. The quantitative estimate of drug-likeness (QED) is 0.506. The molecule has 0 amide bonds. The van der Waals surface area contributed by atoms with Gasteiger partial charge in [-0.2, -0.15) is 13.2 Å². The van der Waals surface area contributed by atoms with Crippen LogP contribution in [0.1, 0.15) is 24.1 Å². The Morgan fingerprint density at radius 2 is 1.75 bits per heavy atom. The van der Waals surface area contributed by atoms with Crippen LogP contribution in [0.15, 0.2) is 47.5 Å². The molecule has 5 rings (SSSR count). The van der Waals surface area contributed by atoms with Crippen molar-refractivity contribution in [3.63, 3.8) is 0 Å². The Labute approximate surface area is 204 Å². The van der Waals surface area contributed by atoms with Crippen molar-refractivity contribution in [3.05, 3.63) is 59.7 Å². The summed E-state index contributed by atoms with van der Waals surface area (Å²) in [6, 6.07) is 6.92. The van der Waals surface area contributed by atoms with Gasteiger partial charge >= 0.3 is 6.18 Å². The number of pyridine rings is 1. The molecule has 0 radical (unpaired) electrons. The summed E-state index contributed by atoms with van der Waals surface area (Å²) >= 11 is 0. The minimum Gasteiger partial charge on any atom is -0.384 e. The summed E-state index contributed by atoms with van der Waals surface area (Å²) in [4.78, 5) is 13.9. The second-order valence-corrected chi connectivity index (χ2v) is 10.8. The molecule has 2 fully saturated rings. The number of ether oxygens (including phenoxy) is 1. The van der Waals surface area contributed by atoms with Crippen LogP contribution >= 0.6 is 0 Å². The van der Waals surface area contributed by atoms with Crippen LogP contribution in [0, 0.1) is 5.82 Å². The molecule has 1 saturated carbocycles. The van der Waals surface area contributed by atoms with E-state index in [0.29, 0.717) is 32.4 Å². The fraction of sp³-hybridized carbons (Fsp3) is 0.348. The van der Waals surface area contributed by atoms with Crippen LogP contribution in [0.5, 0.6) is 0 Å². The molecular weight excluding hydrogens is 502 g/mol. The minimum atomic E-state index is -4.77. The molecule has 8 nitrogen and oxygen atoms in total. The van der Waals surface area contributed by atoms with Crippen molar-refractivity contribution in [1.29, 1.82) is 0 Å². The standard InChI is InChI=1S/C23H21F4N5O3S/c24-16-3-1-2-4-18(16)36(33,34)22(5-6-22)19-12-17(30-21(31-19)32-7-9-35-10-8-32)14-13-29-20(28)11-15(14)23(25,26)27/h1-4,11-13H,5-10H2,(H2,28,29). The van der Waals surface area contributed by atoms with Gasteiger partial charge < -0.3 is 15.4 Å². The summed E-state index contributed by atoms with van der Waals surface area (Å²) in [5.41, 5.74) is 3.93. The van der Waals surface area contributed by atoms with E-state index >= 15 is 0 Å². The molecule has 0 bridgehead atoms. The minimum absolute atomic E-state index is 0.00203. The van der Waals surface area contributed by atoms with Crippen molar-refractivity contribution in [3.8, 4) is 11.3 Å². The van der Waals surface area contributed by atoms with Gasteiger partial charge in [0.2, 0.25) is 5.95 Å². The van der Waals surface area contributed by atoms with Gasteiger partial charge in [0.1, 0.15) is 21.3 Å². The third kappa shape index (κ3) is 4.15. The zero-order valence-electron chi connectivity index (χ0n) is 18.8. The van der Waals surface area contributed by atoms with Crippen molar-refractivity contribution >= 4 is 21.6 Å². The predicted octanol–water partition coefficient (Wildman–Crippen LogP) is 3.58. The average molecular weight is 524 g/mol. The summed E-state index contributed by atoms with van der Waals surface area (Å²) in [5, 5.41) is 0. The molecule has 0 atom stereocenters. The Morgan fingerprint density at radius 1 is 1.06 bits per heavy atom. The molecule has 1 aliphatic carbocycles. The number of nitrogen functional groups attached to an aromatic ring is 1. The molecule has 2 aromatic heterocycles. The molecule has 36 heavy (non-hydrogen) atoms. The lowest BCUT2D eigenvalue weighted by atomic mass is 10.0. The van der Waals surface area contributed by atoms with Crippen LogP contribution in [0.3, 0.4) is 0 Å². The maximum Gasteiger partial charge on any atom is 0.417 e. The lowest BCUT2D eigenvalue weighted by Crippen LogP contribution is -2.38. The molecule has 2 aliphatic rings. The van der Waals surface area contributed by atoms with Crippen LogP contribution in [0.25, 0.3) is 11.3 Å². The number of halogens is 4. The number of rotatable bonds is 5. The van der Waals surface area contributed by atoms with E-state index in [9.17, 15) is 26.0 Å². The van der Waals surface area contributed by atoms with E-state index in [0.717, 1.165) is 12.3 Å². The highest BCUT2D eigenvalue weighted by molar-refractivity contribution is 7.92. The van der Waals surface area contributed by atoms with Crippen LogP contribution in [0.2, 0.25) is 0 Å². The molecule has 3 aromatic rings. The second-order valence-electron chi connectivity index (χ2n) is 8.62. The molecule has 190 valence electrons. The summed E-state index contributed by atoms with van der Waals surface area (Å²) < 4.78 is 87.1. The van der Waals surface area contributed by atoms with Crippen molar-refractivity contribution in [2.75, 3.05) is 36.9 Å². The molecule has 2 N–H and O–H groups in total. The number of morpholine rings is 1. The van der Waals surface area contributed by atoms with Crippen molar-refractivity contribution in [2.24, 2.45) is 0 Å². The highest BCUT2D eigenvalue weighted by Gasteiger charge is 2.58. The van der Waals surface area contributed by atoms with Crippen LogP contribution in [0.4, 0.5) is 29.3 Å². The van der Waals surface area contributed by atoms with E-state index in [4.69, 9.17) is 10.5 Å². The van der Waals surface area contributed by atoms with E-state index < -0.39 is 37.0 Å². The lowest BCUT2D eigenvalue weighted by Gasteiger charge is -2.28. The number of hydrogen-bond acceptors (Lipinski definition) is 8. The molecule has 1 saturated heterocycles. The first-order valence-corrected chi connectivity index (χ1v) is 12.6. The maximum absolute atomic E-state index is 14.5. The zero-order chi connectivity index (χ0) is 25.7. The molecule has 0 unspecified atom stereocenters. The summed E-state index contributed by atoms with van der Waals surface area (Å²) in [5.74, 6) is -1.17. The molecule has 1 aromatic carbocycles. The van der Waals surface area contributed by atoms with Gasteiger partial charge in [0.05, 0.1) is 30.2 Å². The zero-order valence-corrected chi connectivity index (χ0v) is 19.6. The summed E-state index contributed by atoms with van der Waals surface area (Å²) in [6.45, 7) is 1.42. The Kier molecular flexibility index (Phi) is 5.86. The Hall–Kier alpha value is -3.32. The van der Waals surface area contributed by atoms with Crippen molar-refractivity contribution in [2.45, 2.75) is 28.7 Å². The first-order valence-electron chi connectivity index (χ1n) is 11.1.